The van der Waals surface area contributed by atoms with Crippen molar-refractivity contribution >= 4 is 11.8 Å². The molecule has 0 aliphatic carbocycles. The van der Waals surface area contributed by atoms with Gasteiger partial charge in [0.1, 0.15) is 11.5 Å². The number of nitrogens with one attached hydrogen (secondary N) is 1. The second kappa shape index (κ2) is 10.0. The van der Waals surface area contributed by atoms with Gasteiger partial charge >= 0.3 is 0 Å². The van der Waals surface area contributed by atoms with Crippen LogP contribution in [0, 0.1) is 5.82 Å². The van der Waals surface area contributed by atoms with E-state index in [4.69, 9.17) is 0 Å². The average Bonchev–Trinajstić information content (AvgIpc) is 2.77. The Labute approximate surface area is 167 Å². The van der Waals surface area contributed by atoms with Crippen LogP contribution in [0.2, 0.25) is 0 Å². The van der Waals surface area contributed by atoms with Gasteiger partial charge in [-0.25, -0.2) is 9.37 Å². The van der Waals surface area contributed by atoms with Crippen LogP contribution < -0.4 is 5.32 Å². The van der Waals surface area contributed by atoms with Gasteiger partial charge in [-0.2, -0.15) is 0 Å². The second-order valence-corrected chi connectivity index (χ2v) is 6.33. The molecule has 3 aromatic rings. The molecular formula is C21H20FN5O2. The fourth-order valence-corrected chi connectivity index (χ4v) is 2.66. The number of nitrogens with zero attached hydrogens (tertiary/aromatic N) is 4. The van der Waals surface area contributed by atoms with E-state index in [2.05, 4.69) is 20.3 Å². The van der Waals surface area contributed by atoms with E-state index in [-0.39, 0.29) is 42.8 Å². The first-order valence-corrected chi connectivity index (χ1v) is 9.07. The quantitative estimate of drug-likeness (QED) is 0.635. The molecular weight excluding hydrogens is 373 g/mol. The Morgan fingerprint density at radius 1 is 0.931 bits per heavy atom. The molecule has 0 saturated carbocycles. The number of aromatic nitrogens is 3. The van der Waals surface area contributed by atoms with Crippen LogP contribution in [0.1, 0.15) is 28.0 Å². The predicted molar refractivity (Wildman–Crippen MR) is 104 cm³/mol. The van der Waals surface area contributed by atoms with Crippen LogP contribution in [0.3, 0.4) is 0 Å². The van der Waals surface area contributed by atoms with Gasteiger partial charge in [-0.15, -0.1) is 0 Å². The lowest BCUT2D eigenvalue weighted by Crippen LogP contribution is -2.35. The van der Waals surface area contributed by atoms with Crippen molar-refractivity contribution in [3.63, 3.8) is 0 Å². The van der Waals surface area contributed by atoms with E-state index in [1.165, 1.54) is 35.6 Å². The first-order chi connectivity index (χ1) is 14.1. The monoisotopic (exact) mass is 393 g/mol. The van der Waals surface area contributed by atoms with Gasteiger partial charge in [-0.1, -0.05) is 12.1 Å². The van der Waals surface area contributed by atoms with Gasteiger partial charge in [0, 0.05) is 50.8 Å². The summed E-state index contributed by atoms with van der Waals surface area (Å²) in [5.41, 5.74) is 1.87. The van der Waals surface area contributed by atoms with Gasteiger partial charge in [0.05, 0.1) is 6.20 Å². The summed E-state index contributed by atoms with van der Waals surface area (Å²) in [7, 11) is 0. The van der Waals surface area contributed by atoms with Gasteiger partial charge in [0.15, 0.2) is 0 Å². The number of rotatable bonds is 8. The number of carbonyl (C=O) groups excluding carboxylic acids is 2. The number of hydrogen-bond acceptors (Lipinski definition) is 5. The van der Waals surface area contributed by atoms with Crippen LogP contribution in [0.25, 0.3) is 0 Å². The summed E-state index contributed by atoms with van der Waals surface area (Å²) in [5.74, 6) is -0.877. The van der Waals surface area contributed by atoms with E-state index < -0.39 is 0 Å². The maximum atomic E-state index is 13.2. The summed E-state index contributed by atoms with van der Waals surface area (Å²) in [4.78, 5) is 38.5. The average molecular weight is 393 g/mol. The maximum Gasteiger partial charge on any atom is 0.274 e. The van der Waals surface area contributed by atoms with Gasteiger partial charge in [0.25, 0.3) is 5.91 Å². The molecule has 1 aromatic carbocycles. The molecule has 0 radical (unpaired) electrons. The summed E-state index contributed by atoms with van der Waals surface area (Å²) >= 11 is 0. The molecule has 0 atom stereocenters. The summed E-state index contributed by atoms with van der Waals surface area (Å²) in [6.45, 7) is 0.805. The SMILES string of the molecule is O=C(CCN(Cc1ccc(F)cc1)C(=O)c1cnccn1)NCc1ccncc1. The molecule has 8 heteroatoms. The molecule has 2 heterocycles. The molecule has 0 aliphatic rings. The molecule has 2 amide bonds. The Bertz CT molecular complexity index is 936. The minimum absolute atomic E-state index is 0.123. The topological polar surface area (TPSA) is 88.1 Å². The van der Waals surface area contributed by atoms with E-state index in [9.17, 15) is 14.0 Å². The third-order valence-electron chi connectivity index (χ3n) is 4.20. The number of carbonyl (C=O) groups is 2. The van der Waals surface area contributed by atoms with E-state index in [0.717, 1.165) is 11.1 Å². The highest BCUT2D eigenvalue weighted by atomic mass is 19.1. The minimum atomic E-state index is -0.351. The van der Waals surface area contributed by atoms with Crippen molar-refractivity contribution in [1.29, 1.82) is 0 Å². The van der Waals surface area contributed by atoms with Crippen LogP contribution in [0.4, 0.5) is 4.39 Å². The van der Waals surface area contributed by atoms with Crippen molar-refractivity contribution in [3.05, 3.63) is 90.0 Å². The Morgan fingerprint density at radius 3 is 2.38 bits per heavy atom. The molecule has 3 rings (SSSR count). The largest absolute Gasteiger partial charge is 0.352 e. The maximum absolute atomic E-state index is 13.2. The fraction of sp³-hybridized carbons (Fsp3) is 0.190. The smallest absolute Gasteiger partial charge is 0.274 e. The summed E-state index contributed by atoms with van der Waals surface area (Å²) < 4.78 is 13.2. The third kappa shape index (κ3) is 6.17. The van der Waals surface area contributed by atoms with Crippen LogP contribution in [-0.2, 0) is 17.9 Å². The Balaban J connectivity index is 1.63. The van der Waals surface area contributed by atoms with Crippen LogP contribution in [-0.4, -0.2) is 38.2 Å². The number of benzene rings is 1. The van der Waals surface area contributed by atoms with Crippen LogP contribution in [0.15, 0.2) is 67.4 Å². The van der Waals surface area contributed by atoms with E-state index in [1.807, 2.05) is 12.1 Å². The Morgan fingerprint density at radius 2 is 1.69 bits per heavy atom. The molecule has 0 saturated heterocycles. The summed E-state index contributed by atoms with van der Waals surface area (Å²) in [5, 5.41) is 2.82. The highest BCUT2D eigenvalue weighted by Gasteiger charge is 2.19. The predicted octanol–water partition coefficient (Wildman–Crippen LogP) is 2.36. The van der Waals surface area contributed by atoms with E-state index in [1.54, 1.807) is 24.5 Å². The van der Waals surface area contributed by atoms with Crippen molar-refractivity contribution < 1.29 is 14.0 Å². The van der Waals surface area contributed by atoms with Gasteiger partial charge in [-0.3, -0.25) is 19.6 Å². The van der Waals surface area contributed by atoms with Crippen molar-refractivity contribution in [2.24, 2.45) is 0 Å². The lowest BCUT2D eigenvalue weighted by Gasteiger charge is -2.22. The van der Waals surface area contributed by atoms with Crippen molar-refractivity contribution in [3.8, 4) is 0 Å². The highest BCUT2D eigenvalue weighted by Crippen LogP contribution is 2.10. The molecule has 0 spiro atoms. The lowest BCUT2D eigenvalue weighted by atomic mass is 10.2. The zero-order chi connectivity index (χ0) is 20.5. The van der Waals surface area contributed by atoms with Gasteiger partial charge < -0.3 is 10.2 Å². The second-order valence-electron chi connectivity index (χ2n) is 6.33. The Kier molecular flexibility index (Phi) is 6.94. The van der Waals surface area contributed by atoms with Gasteiger partial charge in [-0.05, 0) is 35.4 Å². The number of pyridine rings is 1. The third-order valence-corrected chi connectivity index (χ3v) is 4.20. The first-order valence-electron chi connectivity index (χ1n) is 9.07. The molecule has 0 aliphatic heterocycles. The van der Waals surface area contributed by atoms with Gasteiger partial charge in [0.2, 0.25) is 5.91 Å². The van der Waals surface area contributed by atoms with Crippen LogP contribution in [0.5, 0.6) is 0 Å². The van der Waals surface area contributed by atoms with Crippen molar-refractivity contribution in [2.75, 3.05) is 6.54 Å². The number of hydrogen-bond donors (Lipinski definition) is 1. The standard InChI is InChI=1S/C21H20FN5O2/c22-18-3-1-17(2-4-18)15-27(21(29)19-14-24-10-11-25-19)12-7-20(28)26-13-16-5-8-23-9-6-16/h1-6,8-11,14H,7,12-13,15H2,(H,26,28). The van der Waals surface area contributed by atoms with Crippen LogP contribution >= 0.6 is 0 Å². The number of amides is 2. The molecule has 148 valence electrons. The lowest BCUT2D eigenvalue weighted by molar-refractivity contribution is -0.121. The minimum Gasteiger partial charge on any atom is -0.352 e. The molecule has 0 fully saturated rings. The normalized spacial score (nSPS) is 10.4. The molecule has 0 bridgehead atoms. The molecule has 0 unspecified atom stereocenters. The van der Waals surface area contributed by atoms with Crippen molar-refractivity contribution in [2.45, 2.75) is 19.5 Å². The van der Waals surface area contributed by atoms with E-state index >= 15 is 0 Å². The first kappa shape index (κ1) is 20.1. The summed E-state index contributed by atoms with van der Waals surface area (Å²) in [6, 6.07) is 9.52. The molecule has 29 heavy (non-hydrogen) atoms. The van der Waals surface area contributed by atoms with E-state index in [0.29, 0.717) is 6.54 Å². The number of halogens is 1. The Hall–Kier alpha value is -3.68. The molecule has 2 aromatic heterocycles. The van der Waals surface area contributed by atoms with Crippen molar-refractivity contribution in [1.82, 2.24) is 25.2 Å². The zero-order valence-corrected chi connectivity index (χ0v) is 15.7. The highest BCUT2D eigenvalue weighted by molar-refractivity contribution is 5.92. The fourth-order valence-electron chi connectivity index (χ4n) is 2.66. The molecule has 7 nitrogen and oxygen atoms in total. The summed E-state index contributed by atoms with van der Waals surface area (Å²) in [6.07, 6.45) is 7.73. The zero-order valence-electron chi connectivity index (χ0n) is 15.7. The molecule has 1 N–H and O–H groups in total.